The van der Waals surface area contributed by atoms with Crippen molar-refractivity contribution in [2.75, 3.05) is 6.54 Å². The Morgan fingerprint density at radius 1 is 1.33 bits per heavy atom. The largest absolute Gasteiger partial charge is 0.310 e. The van der Waals surface area contributed by atoms with E-state index < -0.39 is 0 Å². The van der Waals surface area contributed by atoms with Crippen LogP contribution in [0.4, 0.5) is 4.39 Å². The van der Waals surface area contributed by atoms with E-state index in [-0.39, 0.29) is 5.82 Å². The molecule has 18 heavy (non-hydrogen) atoms. The summed E-state index contributed by atoms with van der Waals surface area (Å²) < 4.78 is 13.9. The predicted octanol–water partition coefficient (Wildman–Crippen LogP) is 4.28. The molecule has 0 bridgehead atoms. The van der Waals surface area contributed by atoms with E-state index in [0.29, 0.717) is 10.5 Å². The Hall–Kier alpha value is -0.410. The fourth-order valence-electron chi connectivity index (χ4n) is 3.52. The molecule has 3 rings (SSSR count). The summed E-state index contributed by atoms with van der Waals surface area (Å²) in [5, 5.41) is 3.59. The van der Waals surface area contributed by atoms with Crippen molar-refractivity contribution in [3.05, 3.63) is 34.1 Å². The first-order chi connectivity index (χ1) is 8.69. The van der Waals surface area contributed by atoms with Crippen molar-refractivity contribution in [1.29, 1.82) is 0 Å². The molecule has 3 unspecified atom stereocenters. The van der Waals surface area contributed by atoms with E-state index in [0.717, 1.165) is 24.3 Å². The van der Waals surface area contributed by atoms with Crippen LogP contribution in [0.3, 0.4) is 0 Å². The topological polar surface area (TPSA) is 12.0 Å². The van der Waals surface area contributed by atoms with Crippen molar-refractivity contribution in [1.82, 2.24) is 5.32 Å². The first kappa shape index (κ1) is 12.6. The third-order valence-electron chi connectivity index (χ3n) is 4.48. The van der Waals surface area contributed by atoms with Crippen LogP contribution in [-0.4, -0.2) is 6.54 Å². The zero-order valence-electron chi connectivity index (χ0n) is 10.6. The molecule has 0 spiro atoms. The summed E-state index contributed by atoms with van der Waals surface area (Å²) in [7, 11) is 0. The van der Waals surface area contributed by atoms with Crippen molar-refractivity contribution < 1.29 is 4.39 Å². The van der Waals surface area contributed by atoms with Gasteiger partial charge in [-0.1, -0.05) is 13.0 Å². The Labute approximate surface area is 116 Å². The third-order valence-corrected chi connectivity index (χ3v) is 5.09. The fourth-order valence-corrected chi connectivity index (χ4v) is 3.91. The molecule has 2 aliphatic carbocycles. The highest BCUT2D eigenvalue weighted by Crippen LogP contribution is 2.57. The SMILES string of the molecule is CCNC(c1ccc(F)c(Br)c1)C1CC2CC2C1. The smallest absolute Gasteiger partial charge is 0.137 e. The minimum absolute atomic E-state index is 0.178. The molecule has 2 aliphatic rings. The molecule has 0 aliphatic heterocycles. The number of hydrogen-bond donors (Lipinski definition) is 1. The van der Waals surface area contributed by atoms with E-state index in [4.69, 9.17) is 0 Å². The monoisotopic (exact) mass is 311 g/mol. The molecular weight excluding hydrogens is 293 g/mol. The standard InChI is InChI=1S/C15H19BrFN/c1-2-18-15(12-6-10-5-11(10)7-12)9-3-4-14(17)13(16)8-9/h3-4,8,10-12,15,18H,2,5-7H2,1H3. The number of rotatable bonds is 4. The van der Waals surface area contributed by atoms with Gasteiger partial charge < -0.3 is 5.32 Å². The maximum absolute atomic E-state index is 13.3. The van der Waals surface area contributed by atoms with Crippen molar-refractivity contribution in [3.8, 4) is 0 Å². The number of halogens is 2. The van der Waals surface area contributed by atoms with Crippen molar-refractivity contribution >= 4 is 15.9 Å². The molecule has 1 aromatic carbocycles. The molecule has 98 valence electrons. The Bertz CT molecular complexity index is 438. The average molecular weight is 312 g/mol. The van der Waals surface area contributed by atoms with Gasteiger partial charge in [0, 0.05) is 6.04 Å². The molecule has 1 aromatic rings. The van der Waals surface area contributed by atoms with Crippen LogP contribution >= 0.6 is 15.9 Å². The zero-order valence-corrected chi connectivity index (χ0v) is 12.2. The van der Waals surface area contributed by atoms with Gasteiger partial charge in [0.15, 0.2) is 0 Å². The number of nitrogens with one attached hydrogen (secondary N) is 1. The number of benzene rings is 1. The molecular formula is C15H19BrFN. The van der Waals surface area contributed by atoms with Gasteiger partial charge in [0.05, 0.1) is 4.47 Å². The van der Waals surface area contributed by atoms with Crippen LogP contribution in [0, 0.1) is 23.6 Å². The quantitative estimate of drug-likeness (QED) is 0.875. The second-order valence-corrected chi connectivity index (χ2v) is 6.55. The number of fused-ring (bicyclic) bond motifs is 1. The zero-order chi connectivity index (χ0) is 12.7. The van der Waals surface area contributed by atoms with Gasteiger partial charge in [0.25, 0.3) is 0 Å². The van der Waals surface area contributed by atoms with Crippen LogP contribution in [-0.2, 0) is 0 Å². The van der Waals surface area contributed by atoms with E-state index >= 15 is 0 Å². The number of hydrogen-bond acceptors (Lipinski definition) is 1. The maximum atomic E-state index is 13.3. The Kier molecular flexibility index (Phi) is 3.46. The van der Waals surface area contributed by atoms with E-state index in [9.17, 15) is 4.39 Å². The van der Waals surface area contributed by atoms with E-state index in [2.05, 4.69) is 28.2 Å². The van der Waals surface area contributed by atoms with Crippen molar-refractivity contribution in [3.63, 3.8) is 0 Å². The Balaban J connectivity index is 1.81. The molecule has 2 saturated carbocycles. The van der Waals surface area contributed by atoms with Crippen LogP contribution in [0.2, 0.25) is 0 Å². The summed E-state index contributed by atoms with van der Waals surface area (Å²) in [4.78, 5) is 0. The van der Waals surface area contributed by atoms with Gasteiger partial charge in [-0.3, -0.25) is 0 Å². The lowest BCUT2D eigenvalue weighted by atomic mass is 9.89. The second kappa shape index (κ2) is 4.93. The average Bonchev–Trinajstić information content (AvgIpc) is 2.97. The summed E-state index contributed by atoms with van der Waals surface area (Å²) in [6.45, 7) is 3.10. The van der Waals surface area contributed by atoms with Crippen LogP contribution < -0.4 is 5.32 Å². The molecule has 1 N–H and O–H groups in total. The van der Waals surface area contributed by atoms with E-state index in [1.54, 1.807) is 6.07 Å². The maximum Gasteiger partial charge on any atom is 0.137 e. The summed E-state index contributed by atoms with van der Waals surface area (Å²) in [6, 6.07) is 5.82. The lowest BCUT2D eigenvalue weighted by molar-refractivity contribution is 0.346. The highest BCUT2D eigenvalue weighted by atomic mass is 79.9. The second-order valence-electron chi connectivity index (χ2n) is 5.70. The molecule has 3 heteroatoms. The van der Waals surface area contributed by atoms with E-state index in [1.807, 2.05) is 12.1 Å². The van der Waals surface area contributed by atoms with Gasteiger partial charge in [-0.05, 0) is 77.2 Å². The highest BCUT2D eigenvalue weighted by molar-refractivity contribution is 9.10. The first-order valence-corrected chi connectivity index (χ1v) is 7.66. The van der Waals surface area contributed by atoms with Gasteiger partial charge >= 0.3 is 0 Å². The molecule has 3 atom stereocenters. The van der Waals surface area contributed by atoms with Crippen molar-refractivity contribution in [2.24, 2.45) is 17.8 Å². The van der Waals surface area contributed by atoms with Gasteiger partial charge in [0.1, 0.15) is 5.82 Å². The minimum atomic E-state index is -0.178. The van der Waals surface area contributed by atoms with Crippen LogP contribution in [0.1, 0.15) is 37.8 Å². The van der Waals surface area contributed by atoms with Gasteiger partial charge in [-0.15, -0.1) is 0 Å². The van der Waals surface area contributed by atoms with Gasteiger partial charge in [0.2, 0.25) is 0 Å². The van der Waals surface area contributed by atoms with Crippen molar-refractivity contribution in [2.45, 2.75) is 32.2 Å². The lowest BCUT2D eigenvalue weighted by Crippen LogP contribution is -2.27. The summed E-state index contributed by atoms with van der Waals surface area (Å²) in [5.41, 5.74) is 1.22. The van der Waals surface area contributed by atoms with Crippen LogP contribution in [0.25, 0.3) is 0 Å². The molecule has 0 radical (unpaired) electrons. The first-order valence-electron chi connectivity index (χ1n) is 6.87. The minimum Gasteiger partial charge on any atom is -0.310 e. The molecule has 0 amide bonds. The van der Waals surface area contributed by atoms with Gasteiger partial charge in [-0.2, -0.15) is 0 Å². The summed E-state index contributed by atoms with van der Waals surface area (Å²) in [5.74, 6) is 2.52. The normalized spacial score (nSPS) is 31.2. The fraction of sp³-hybridized carbons (Fsp3) is 0.600. The Morgan fingerprint density at radius 3 is 2.67 bits per heavy atom. The summed E-state index contributed by atoms with van der Waals surface area (Å²) >= 11 is 3.29. The van der Waals surface area contributed by atoms with E-state index in [1.165, 1.54) is 24.8 Å². The Morgan fingerprint density at radius 2 is 2.06 bits per heavy atom. The highest BCUT2D eigenvalue weighted by Gasteiger charge is 2.47. The molecule has 0 saturated heterocycles. The predicted molar refractivity (Wildman–Crippen MR) is 74.8 cm³/mol. The molecule has 0 heterocycles. The third kappa shape index (κ3) is 2.35. The molecule has 1 nitrogen and oxygen atoms in total. The molecule has 2 fully saturated rings. The van der Waals surface area contributed by atoms with Crippen LogP contribution in [0.15, 0.2) is 22.7 Å². The molecule has 0 aromatic heterocycles. The van der Waals surface area contributed by atoms with Crippen LogP contribution in [0.5, 0.6) is 0 Å². The lowest BCUT2D eigenvalue weighted by Gasteiger charge is -2.26. The summed E-state index contributed by atoms with van der Waals surface area (Å²) in [6.07, 6.45) is 4.14. The van der Waals surface area contributed by atoms with Gasteiger partial charge in [-0.25, -0.2) is 4.39 Å².